The average molecular weight is 394 g/mol. The summed E-state index contributed by atoms with van der Waals surface area (Å²) in [5.41, 5.74) is 0. The number of hydrogen-bond donors (Lipinski definition) is 1. The van der Waals surface area contributed by atoms with Crippen molar-refractivity contribution in [2.24, 2.45) is 0 Å². The van der Waals surface area contributed by atoms with Gasteiger partial charge in [-0.25, -0.2) is 0 Å². The summed E-state index contributed by atoms with van der Waals surface area (Å²) in [5, 5.41) is 2.80. The van der Waals surface area contributed by atoms with Gasteiger partial charge in [0.25, 0.3) is 0 Å². The standard InChI is InChI=1S/C19H26N2O5S/c1-14(22)20-13-15-4-2-3-8-21(15)19(23)7-11-27(24)16-5-6-17-18(12-16)26-10-9-25-17/h5-6,12,15H,2-4,7-11,13H2,1H3,(H,20,22). The number of nitrogens with zero attached hydrogens (tertiary/aromatic N) is 1. The predicted octanol–water partition coefficient (Wildman–Crippen LogP) is 1.47. The first-order valence-electron chi connectivity index (χ1n) is 9.36. The average Bonchev–Trinajstić information content (AvgIpc) is 2.70. The van der Waals surface area contributed by atoms with E-state index >= 15 is 0 Å². The Kier molecular flexibility index (Phi) is 6.71. The molecule has 0 bridgehead atoms. The second-order valence-corrected chi connectivity index (χ2v) is 8.35. The van der Waals surface area contributed by atoms with Gasteiger partial charge in [-0.3, -0.25) is 13.8 Å². The number of rotatable bonds is 6. The lowest BCUT2D eigenvalue weighted by atomic mass is 10.0. The molecule has 8 heteroatoms. The largest absolute Gasteiger partial charge is 0.486 e. The fourth-order valence-electron chi connectivity index (χ4n) is 3.41. The Balaban J connectivity index is 1.55. The Hall–Kier alpha value is -2.09. The zero-order chi connectivity index (χ0) is 19.2. The van der Waals surface area contributed by atoms with E-state index in [4.69, 9.17) is 9.47 Å². The van der Waals surface area contributed by atoms with Crippen LogP contribution in [0.2, 0.25) is 0 Å². The third-order valence-corrected chi connectivity index (χ3v) is 6.17. The lowest BCUT2D eigenvalue weighted by Crippen LogP contribution is -2.49. The van der Waals surface area contributed by atoms with Crippen molar-refractivity contribution in [3.8, 4) is 11.5 Å². The molecule has 1 N–H and O–H groups in total. The van der Waals surface area contributed by atoms with Gasteiger partial charge >= 0.3 is 0 Å². The SMILES string of the molecule is CC(=O)NCC1CCCCN1C(=O)CCS(=O)c1ccc2c(c1)OCCO2. The number of carbonyl (C=O) groups excluding carboxylic acids is 2. The van der Waals surface area contributed by atoms with Crippen LogP contribution in [-0.4, -0.2) is 59.0 Å². The minimum Gasteiger partial charge on any atom is -0.486 e. The van der Waals surface area contributed by atoms with Gasteiger partial charge in [0.1, 0.15) is 13.2 Å². The predicted molar refractivity (Wildman–Crippen MR) is 101 cm³/mol. The number of ether oxygens (including phenoxy) is 2. The van der Waals surface area contributed by atoms with Crippen LogP contribution < -0.4 is 14.8 Å². The maximum absolute atomic E-state index is 12.7. The van der Waals surface area contributed by atoms with E-state index in [1.807, 2.05) is 4.90 Å². The van der Waals surface area contributed by atoms with E-state index < -0.39 is 10.8 Å². The van der Waals surface area contributed by atoms with Crippen molar-refractivity contribution >= 4 is 22.6 Å². The monoisotopic (exact) mass is 394 g/mol. The molecule has 0 aromatic heterocycles. The maximum atomic E-state index is 12.7. The molecule has 0 saturated carbocycles. The van der Waals surface area contributed by atoms with Gasteiger partial charge in [0, 0.05) is 49.2 Å². The summed E-state index contributed by atoms with van der Waals surface area (Å²) in [4.78, 5) is 26.3. The van der Waals surface area contributed by atoms with Gasteiger partial charge in [-0.15, -0.1) is 0 Å². The summed E-state index contributed by atoms with van der Waals surface area (Å²) in [6, 6.07) is 5.28. The summed E-state index contributed by atoms with van der Waals surface area (Å²) in [7, 11) is -1.28. The van der Waals surface area contributed by atoms with Crippen molar-refractivity contribution in [2.45, 2.75) is 43.5 Å². The lowest BCUT2D eigenvalue weighted by molar-refractivity contribution is -0.135. The van der Waals surface area contributed by atoms with Gasteiger partial charge < -0.3 is 19.7 Å². The molecule has 1 aromatic rings. The van der Waals surface area contributed by atoms with E-state index in [1.54, 1.807) is 18.2 Å². The second-order valence-electron chi connectivity index (χ2n) is 6.78. The van der Waals surface area contributed by atoms with Gasteiger partial charge in [-0.2, -0.15) is 0 Å². The van der Waals surface area contributed by atoms with Crippen LogP contribution in [0.3, 0.4) is 0 Å². The Morgan fingerprint density at radius 3 is 2.78 bits per heavy atom. The van der Waals surface area contributed by atoms with Crippen LogP contribution in [0.15, 0.2) is 23.1 Å². The summed E-state index contributed by atoms with van der Waals surface area (Å²) >= 11 is 0. The Bertz CT molecular complexity index is 724. The molecule has 0 radical (unpaired) electrons. The number of carbonyl (C=O) groups is 2. The van der Waals surface area contributed by atoms with Crippen LogP contribution in [0.25, 0.3) is 0 Å². The third kappa shape index (κ3) is 5.22. The van der Waals surface area contributed by atoms with E-state index in [1.165, 1.54) is 6.92 Å². The van der Waals surface area contributed by atoms with Crippen LogP contribution in [-0.2, 0) is 20.4 Å². The summed E-state index contributed by atoms with van der Waals surface area (Å²) in [5.74, 6) is 1.43. The molecule has 1 fully saturated rings. The van der Waals surface area contributed by atoms with Crippen LogP contribution in [0.4, 0.5) is 0 Å². The maximum Gasteiger partial charge on any atom is 0.223 e. The molecule has 2 amide bonds. The number of hydrogen-bond acceptors (Lipinski definition) is 5. The second kappa shape index (κ2) is 9.21. The van der Waals surface area contributed by atoms with Gasteiger partial charge in [-0.1, -0.05) is 0 Å². The van der Waals surface area contributed by atoms with E-state index in [0.717, 1.165) is 19.3 Å². The molecule has 2 aliphatic heterocycles. The Morgan fingerprint density at radius 2 is 2.00 bits per heavy atom. The normalized spacial score (nSPS) is 20.0. The van der Waals surface area contributed by atoms with E-state index in [0.29, 0.717) is 42.7 Å². The molecule has 27 heavy (non-hydrogen) atoms. The molecule has 7 nitrogen and oxygen atoms in total. The first kappa shape index (κ1) is 19.7. The van der Waals surface area contributed by atoms with Crippen LogP contribution in [0.1, 0.15) is 32.6 Å². The Labute approximate surface area is 161 Å². The zero-order valence-corrected chi connectivity index (χ0v) is 16.4. The lowest BCUT2D eigenvalue weighted by Gasteiger charge is -2.36. The number of likely N-dealkylation sites (tertiary alicyclic amines) is 1. The van der Waals surface area contributed by atoms with Crippen LogP contribution >= 0.6 is 0 Å². The van der Waals surface area contributed by atoms with Crippen LogP contribution in [0.5, 0.6) is 11.5 Å². The first-order chi connectivity index (χ1) is 13.0. The molecule has 0 aliphatic carbocycles. The fourth-order valence-corrected chi connectivity index (χ4v) is 4.46. The van der Waals surface area contributed by atoms with Crippen LogP contribution in [0, 0.1) is 0 Å². The quantitative estimate of drug-likeness (QED) is 0.790. The zero-order valence-electron chi connectivity index (χ0n) is 15.6. The smallest absolute Gasteiger partial charge is 0.223 e. The molecule has 148 valence electrons. The molecule has 0 spiro atoms. The highest BCUT2D eigenvalue weighted by Crippen LogP contribution is 2.32. The van der Waals surface area contributed by atoms with Crippen molar-refractivity contribution in [1.82, 2.24) is 10.2 Å². The van der Waals surface area contributed by atoms with Gasteiger partial charge in [-0.05, 0) is 31.4 Å². The molecule has 1 aromatic carbocycles. The molecule has 3 rings (SSSR count). The summed E-state index contributed by atoms with van der Waals surface area (Å²) in [6.45, 7) is 3.64. The van der Waals surface area contributed by atoms with E-state index in [2.05, 4.69) is 5.32 Å². The highest BCUT2D eigenvalue weighted by molar-refractivity contribution is 7.85. The number of nitrogens with one attached hydrogen (secondary N) is 1. The van der Waals surface area contributed by atoms with Crippen molar-refractivity contribution in [1.29, 1.82) is 0 Å². The molecule has 2 atom stereocenters. The minimum atomic E-state index is -1.28. The molecular formula is C19H26N2O5S. The first-order valence-corrected chi connectivity index (χ1v) is 10.7. The molecule has 2 aliphatic rings. The third-order valence-electron chi connectivity index (χ3n) is 4.81. The van der Waals surface area contributed by atoms with Crippen molar-refractivity contribution in [3.63, 3.8) is 0 Å². The Morgan fingerprint density at radius 1 is 1.22 bits per heavy atom. The topological polar surface area (TPSA) is 84.9 Å². The minimum absolute atomic E-state index is 0.00375. The van der Waals surface area contributed by atoms with E-state index in [-0.39, 0.29) is 30.0 Å². The number of fused-ring (bicyclic) bond motifs is 1. The highest BCUT2D eigenvalue weighted by Gasteiger charge is 2.27. The molecule has 2 unspecified atom stereocenters. The molecule has 2 heterocycles. The number of piperidine rings is 1. The van der Waals surface area contributed by atoms with Gasteiger partial charge in [0.05, 0.1) is 10.8 Å². The van der Waals surface area contributed by atoms with E-state index in [9.17, 15) is 13.8 Å². The highest BCUT2D eigenvalue weighted by atomic mass is 32.2. The fraction of sp³-hybridized carbons (Fsp3) is 0.579. The van der Waals surface area contributed by atoms with Crippen molar-refractivity contribution in [2.75, 3.05) is 32.1 Å². The van der Waals surface area contributed by atoms with Crippen molar-refractivity contribution < 1.29 is 23.3 Å². The molecule has 1 saturated heterocycles. The van der Waals surface area contributed by atoms with Gasteiger partial charge in [0.2, 0.25) is 11.8 Å². The van der Waals surface area contributed by atoms with Crippen molar-refractivity contribution in [3.05, 3.63) is 18.2 Å². The molecular weight excluding hydrogens is 368 g/mol. The number of benzene rings is 1. The number of amides is 2. The summed E-state index contributed by atoms with van der Waals surface area (Å²) < 4.78 is 23.6. The van der Waals surface area contributed by atoms with Gasteiger partial charge in [0.15, 0.2) is 11.5 Å². The summed E-state index contributed by atoms with van der Waals surface area (Å²) in [6.07, 6.45) is 3.12.